The van der Waals surface area contributed by atoms with Crippen LogP contribution < -0.4 is 0 Å². The monoisotopic (exact) mass is 173 g/mol. The molecule has 0 fully saturated rings. The molecule has 1 nitrogen and oxygen atoms in total. The van der Waals surface area contributed by atoms with Crippen LogP contribution in [0.1, 0.15) is 32.6 Å². The van der Waals surface area contributed by atoms with E-state index < -0.39 is 0 Å². The lowest BCUT2D eigenvalue weighted by atomic mass is 9.93. The average Bonchev–Trinajstić information content (AvgIpc) is 2.20. The molecule has 0 N–H and O–H groups in total. The van der Waals surface area contributed by atoms with Crippen LogP contribution in [-0.4, -0.2) is 5.71 Å². The van der Waals surface area contributed by atoms with Crippen LogP contribution in [0.4, 0.5) is 0 Å². The SMILES string of the molecule is CC1=CC=C(C2=NC=CCC2)CC1. The molecule has 0 unspecified atom stereocenters. The van der Waals surface area contributed by atoms with Crippen molar-refractivity contribution in [2.75, 3.05) is 0 Å². The predicted molar refractivity (Wildman–Crippen MR) is 56.9 cm³/mol. The molecule has 13 heavy (non-hydrogen) atoms. The van der Waals surface area contributed by atoms with Gasteiger partial charge in [-0.05, 0) is 38.2 Å². The maximum Gasteiger partial charge on any atom is 0.0438 e. The van der Waals surface area contributed by atoms with Gasteiger partial charge in [-0.25, -0.2) is 0 Å². The molecule has 1 aliphatic carbocycles. The molecule has 1 heterocycles. The number of aliphatic imine (C=N–C) groups is 1. The second-order valence-corrected chi connectivity index (χ2v) is 3.70. The third-order valence-corrected chi connectivity index (χ3v) is 2.61. The number of hydrogen-bond donors (Lipinski definition) is 0. The first-order valence-corrected chi connectivity index (χ1v) is 4.94. The molecular formula is C12H15N. The molecule has 1 aliphatic heterocycles. The summed E-state index contributed by atoms with van der Waals surface area (Å²) >= 11 is 0. The highest BCUT2D eigenvalue weighted by Gasteiger charge is 2.10. The van der Waals surface area contributed by atoms with Gasteiger partial charge in [0.1, 0.15) is 0 Å². The zero-order valence-electron chi connectivity index (χ0n) is 8.09. The first-order chi connectivity index (χ1) is 6.36. The first kappa shape index (κ1) is 8.49. The van der Waals surface area contributed by atoms with E-state index in [-0.39, 0.29) is 0 Å². The molecule has 0 aromatic heterocycles. The van der Waals surface area contributed by atoms with Crippen LogP contribution in [0.25, 0.3) is 0 Å². The highest BCUT2D eigenvalue weighted by molar-refractivity contribution is 6.01. The van der Waals surface area contributed by atoms with E-state index in [4.69, 9.17) is 0 Å². The second kappa shape index (κ2) is 3.73. The summed E-state index contributed by atoms with van der Waals surface area (Å²) in [4.78, 5) is 4.42. The van der Waals surface area contributed by atoms with Crippen molar-refractivity contribution in [2.24, 2.45) is 4.99 Å². The predicted octanol–water partition coefficient (Wildman–Crippen LogP) is 3.40. The van der Waals surface area contributed by atoms with Crippen molar-refractivity contribution in [2.45, 2.75) is 32.6 Å². The molecule has 0 amide bonds. The van der Waals surface area contributed by atoms with E-state index in [0.29, 0.717) is 0 Å². The largest absolute Gasteiger partial charge is 0.261 e. The normalized spacial score (nSPS) is 22.1. The van der Waals surface area contributed by atoms with Crippen molar-refractivity contribution in [1.29, 1.82) is 0 Å². The third-order valence-electron chi connectivity index (χ3n) is 2.61. The topological polar surface area (TPSA) is 12.4 Å². The van der Waals surface area contributed by atoms with Gasteiger partial charge in [0.15, 0.2) is 0 Å². The van der Waals surface area contributed by atoms with Gasteiger partial charge < -0.3 is 0 Å². The van der Waals surface area contributed by atoms with Gasteiger partial charge in [-0.3, -0.25) is 4.99 Å². The molecule has 2 aliphatic rings. The summed E-state index contributed by atoms with van der Waals surface area (Å²) in [5, 5.41) is 0. The van der Waals surface area contributed by atoms with Crippen molar-refractivity contribution >= 4 is 5.71 Å². The lowest BCUT2D eigenvalue weighted by Crippen LogP contribution is -2.06. The summed E-state index contributed by atoms with van der Waals surface area (Å²) in [6.07, 6.45) is 13.2. The van der Waals surface area contributed by atoms with Crippen molar-refractivity contribution in [3.8, 4) is 0 Å². The van der Waals surface area contributed by atoms with Crippen LogP contribution in [-0.2, 0) is 0 Å². The zero-order valence-corrected chi connectivity index (χ0v) is 8.09. The third kappa shape index (κ3) is 1.97. The molecule has 0 saturated heterocycles. The fraction of sp³-hybridized carbons (Fsp3) is 0.417. The molecule has 0 aromatic rings. The number of hydrogen-bond acceptors (Lipinski definition) is 1. The Labute approximate surface area is 79.6 Å². The molecule has 68 valence electrons. The molecule has 0 saturated carbocycles. The highest BCUT2D eigenvalue weighted by atomic mass is 14.7. The second-order valence-electron chi connectivity index (χ2n) is 3.70. The summed E-state index contributed by atoms with van der Waals surface area (Å²) in [6, 6.07) is 0. The lowest BCUT2D eigenvalue weighted by molar-refractivity contribution is 0.921. The van der Waals surface area contributed by atoms with E-state index in [2.05, 4.69) is 30.1 Å². The van der Waals surface area contributed by atoms with E-state index >= 15 is 0 Å². The quantitative estimate of drug-likeness (QED) is 0.576. The van der Waals surface area contributed by atoms with Gasteiger partial charge in [-0.1, -0.05) is 23.8 Å². The Balaban J connectivity index is 2.17. The Morgan fingerprint density at radius 1 is 1.15 bits per heavy atom. The first-order valence-electron chi connectivity index (χ1n) is 4.94. The van der Waals surface area contributed by atoms with E-state index in [9.17, 15) is 0 Å². The van der Waals surface area contributed by atoms with Crippen LogP contribution in [0.15, 0.2) is 40.6 Å². The number of rotatable bonds is 1. The molecule has 0 radical (unpaired) electrons. The molecule has 0 spiro atoms. The Kier molecular flexibility index (Phi) is 2.44. The molecule has 0 aromatic carbocycles. The maximum absolute atomic E-state index is 4.42. The Morgan fingerprint density at radius 3 is 2.69 bits per heavy atom. The summed E-state index contributed by atoms with van der Waals surface area (Å²) in [6.45, 7) is 2.19. The fourth-order valence-corrected chi connectivity index (χ4v) is 1.73. The van der Waals surface area contributed by atoms with Gasteiger partial charge in [0, 0.05) is 11.9 Å². The summed E-state index contributed by atoms with van der Waals surface area (Å²) in [5.41, 5.74) is 4.22. The highest BCUT2D eigenvalue weighted by Crippen LogP contribution is 2.22. The van der Waals surface area contributed by atoms with E-state index in [1.54, 1.807) is 0 Å². The van der Waals surface area contributed by atoms with Crippen molar-refractivity contribution in [3.05, 3.63) is 35.6 Å². The minimum Gasteiger partial charge on any atom is -0.261 e. The standard InChI is InChI=1S/C12H15N/c1-10-5-7-11(8-6-10)12-4-2-3-9-13-12/h3,5,7,9H,2,4,6,8H2,1H3. The minimum atomic E-state index is 1.12. The van der Waals surface area contributed by atoms with Crippen molar-refractivity contribution < 1.29 is 0 Å². The zero-order chi connectivity index (χ0) is 9.10. The number of allylic oxidation sites excluding steroid dienone is 5. The fourth-order valence-electron chi connectivity index (χ4n) is 1.73. The van der Waals surface area contributed by atoms with Crippen LogP contribution in [0.2, 0.25) is 0 Å². The van der Waals surface area contributed by atoms with Crippen LogP contribution in [0.3, 0.4) is 0 Å². The minimum absolute atomic E-state index is 1.12. The number of nitrogens with zero attached hydrogens (tertiary/aromatic N) is 1. The molecule has 1 heteroatoms. The average molecular weight is 173 g/mol. The van der Waals surface area contributed by atoms with Gasteiger partial charge in [-0.15, -0.1) is 0 Å². The Morgan fingerprint density at radius 2 is 2.08 bits per heavy atom. The van der Waals surface area contributed by atoms with Crippen molar-refractivity contribution in [1.82, 2.24) is 0 Å². The van der Waals surface area contributed by atoms with E-state index in [0.717, 1.165) is 12.8 Å². The van der Waals surface area contributed by atoms with E-state index in [1.807, 2.05) is 6.20 Å². The summed E-state index contributed by atoms with van der Waals surface area (Å²) < 4.78 is 0. The smallest absolute Gasteiger partial charge is 0.0438 e. The van der Waals surface area contributed by atoms with Crippen LogP contribution in [0.5, 0.6) is 0 Å². The molecule has 2 rings (SSSR count). The van der Waals surface area contributed by atoms with Crippen LogP contribution in [0, 0.1) is 0 Å². The maximum atomic E-state index is 4.42. The van der Waals surface area contributed by atoms with Gasteiger partial charge in [0.2, 0.25) is 0 Å². The Hall–Kier alpha value is -1.11. The van der Waals surface area contributed by atoms with Crippen LogP contribution >= 0.6 is 0 Å². The van der Waals surface area contributed by atoms with Gasteiger partial charge in [0.25, 0.3) is 0 Å². The van der Waals surface area contributed by atoms with Gasteiger partial charge in [-0.2, -0.15) is 0 Å². The van der Waals surface area contributed by atoms with Gasteiger partial charge >= 0.3 is 0 Å². The molecule has 0 atom stereocenters. The lowest BCUT2D eigenvalue weighted by Gasteiger charge is -2.15. The van der Waals surface area contributed by atoms with Crippen molar-refractivity contribution in [3.63, 3.8) is 0 Å². The molecular weight excluding hydrogens is 158 g/mol. The summed E-state index contributed by atoms with van der Waals surface area (Å²) in [7, 11) is 0. The molecule has 0 bridgehead atoms. The van der Waals surface area contributed by atoms with Gasteiger partial charge in [0.05, 0.1) is 0 Å². The van der Waals surface area contributed by atoms with E-state index in [1.165, 1.54) is 29.7 Å². The summed E-state index contributed by atoms with van der Waals surface area (Å²) in [5.74, 6) is 0. The Bertz CT molecular complexity index is 316.